The number of hydrogen-bond donors (Lipinski definition) is 3. The molecule has 1 aliphatic heterocycles. The number of ether oxygens (including phenoxy) is 2. The van der Waals surface area contributed by atoms with Crippen molar-refractivity contribution in [2.45, 2.75) is 17.4 Å². The quantitative estimate of drug-likeness (QED) is 0.574. The van der Waals surface area contributed by atoms with E-state index >= 15 is 0 Å². The van der Waals surface area contributed by atoms with Crippen LogP contribution in [0.3, 0.4) is 0 Å². The number of nitrogens with one attached hydrogen (secondary N) is 3. The summed E-state index contributed by atoms with van der Waals surface area (Å²) in [6, 6.07) is 6.74. The molecule has 2 aromatic heterocycles. The second kappa shape index (κ2) is 7.28. The highest BCUT2D eigenvalue weighted by molar-refractivity contribution is 7.90. The predicted molar refractivity (Wildman–Crippen MR) is 106 cm³/mol. The van der Waals surface area contributed by atoms with Crippen molar-refractivity contribution in [3.63, 3.8) is 0 Å². The Kier molecular flexibility index (Phi) is 4.82. The molecular formula is C18H21N5O4S. The molecule has 0 aliphatic carbocycles. The number of anilines is 3. The molecule has 148 valence electrons. The summed E-state index contributed by atoms with van der Waals surface area (Å²) in [5.41, 5.74) is 1.25. The monoisotopic (exact) mass is 403 g/mol. The van der Waals surface area contributed by atoms with E-state index in [1.54, 1.807) is 12.3 Å². The van der Waals surface area contributed by atoms with Crippen molar-refractivity contribution < 1.29 is 17.9 Å². The van der Waals surface area contributed by atoms with Gasteiger partial charge in [0.2, 0.25) is 5.95 Å². The van der Waals surface area contributed by atoms with Gasteiger partial charge in [-0.1, -0.05) is 0 Å². The number of nitrogens with zero attached hydrogens (tertiary/aromatic N) is 2. The molecule has 0 radical (unpaired) electrons. The van der Waals surface area contributed by atoms with Crippen LogP contribution in [0.2, 0.25) is 0 Å². The smallest absolute Gasteiger partial charge is 0.231 e. The summed E-state index contributed by atoms with van der Waals surface area (Å²) in [6.45, 7) is 1.37. The van der Waals surface area contributed by atoms with Gasteiger partial charge in [-0.15, -0.1) is 0 Å². The Bertz CT molecular complexity index is 1110. The lowest BCUT2D eigenvalue weighted by Gasteiger charge is -2.15. The summed E-state index contributed by atoms with van der Waals surface area (Å²) < 4.78 is 34.3. The van der Waals surface area contributed by atoms with E-state index in [0.717, 1.165) is 24.7 Å². The number of sulfone groups is 1. The van der Waals surface area contributed by atoms with Crippen LogP contribution in [0.15, 0.2) is 35.4 Å². The first-order chi connectivity index (χ1) is 13.4. The summed E-state index contributed by atoms with van der Waals surface area (Å²) in [5, 5.41) is 7.41. The van der Waals surface area contributed by atoms with Crippen molar-refractivity contribution in [2.24, 2.45) is 0 Å². The normalized spacial score (nSPS) is 17.0. The van der Waals surface area contributed by atoms with E-state index in [9.17, 15) is 8.42 Å². The summed E-state index contributed by atoms with van der Waals surface area (Å²) in [7, 11) is -1.85. The van der Waals surface area contributed by atoms with Crippen LogP contribution in [0, 0.1) is 0 Å². The average Bonchev–Trinajstić information content (AvgIpc) is 3.33. The Hall–Kier alpha value is -2.85. The maximum Gasteiger partial charge on any atom is 0.231 e. The van der Waals surface area contributed by atoms with Gasteiger partial charge in [-0.05, 0) is 24.6 Å². The molecule has 1 unspecified atom stereocenters. The fraction of sp³-hybridized carbons (Fsp3) is 0.333. The second-order valence-electron chi connectivity index (χ2n) is 6.60. The number of rotatable bonds is 6. The maximum atomic E-state index is 11.8. The Morgan fingerprint density at radius 1 is 1.29 bits per heavy atom. The molecule has 1 saturated heterocycles. The minimum absolute atomic E-state index is 0.180. The van der Waals surface area contributed by atoms with Crippen molar-refractivity contribution in [2.75, 3.05) is 37.2 Å². The first-order valence-electron chi connectivity index (χ1n) is 8.78. The van der Waals surface area contributed by atoms with Gasteiger partial charge in [0.25, 0.3) is 0 Å². The third-order valence-electron chi connectivity index (χ3n) is 4.53. The standard InChI is InChI=1S/C18H21N5O4S/c1-26-15-9-12(28(2,24)25)3-4-14(15)21-18-22-16-13(5-7-19-16)17(23-18)20-11-6-8-27-10-11/h3-5,7,9,11H,6,8,10H2,1-2H3,(H3,19,20,21,22,23). The molecule has 3 aromatic rings. The zero-order chi connectivity index (χ0) is 19.7. The van der Waals surface area contributed by atoms with Crippen LogP contribution < -0.4 is 15.4 Å². The van der Waals surface area contributed by atoms with Gasteiger partial charge in [-0.2, -0.15) is 9.97 Å². The SMILES string of the molecule is COc1cc(S(C)(=O)=O)ccc1Nc1nc(NC2CCOC2)c2cc[nH]c2n1. The molecule has 4 rings (SSSR count). The van der Waals surface area contributed by atoms with Gasteiger partial charge in [0.15, 0.2) is 9.84 Å². The minimum atomic E-state index is -3.33. The third kappa shape index (κ3) is 3.73. The zero-order valence-corrected chi connectivity index (χ0v) is 16.3. The summed E-state index contributed by atoms with van der Waals surface area (Å²) >= 11 is 0. The molecular weight excluding hydrogens is 382 g/mol. The van der Waals surface area contributed by atoms with Crippen LogP contribution in [0.4, 0.5) is 17.5 Å². The van der Waals surface area contributed by atoms with Crippen LogP contribution in [0.1, 0.15) is 6.42 Å². The Morgan fingerprint density at radius 2 is 2.14 bits per heavy atom. The van der Waals surface area contributed by atoms with Crippen molar-refractivity contribution in [3.05, 3.63) is 30.5 Å². The van der Waals surface area contributed by atoms with Crippen molar-refractivity contribution in [1.82, 2.24) is 15.0 Å². The number of methoxy groups -OCH3 is 1. The van der Waals surface area contributed by atoms with Crippen LogP contribution in [-0.4, -0.2) is 56.0 Å². The van der Waals surface area contributed by atoms with Gasteiger partial charge in [-0.3, -0.25) is 0 Å². The molecule has 1 aromatic carbocycles. The lowest BCUT2D eigenvalue weighted by atomic mass is 10.2. The zero-order valence-electron chi connectivity index (χ0n) is 15.5. The molecule has 1 atom stereocenters. The van der Waals surface area contributed by atoms with Crippen molar-refractivity contribution >= 4 is 38.3 Å². The van der Waals surface area contributed by atoms with Gasteiger partial charge in [0, 0.05) is 25.1 Å². The number of hydrogen-bond acceptors (Lipinski definition) is 8. The average molecular weight is 403 g/mol. The molecule has 10 heteroatoms. The maximum absolute atomic E-state index is 11.8. The fourth-order valence-corrected chi connectivity index (χ4v) is 3.71. The van der Waals surface area contributed by atoms with Gasteiger partial charge in [-0.25, -0.2) is 8.42 Å². The number of aromatic nitrogens is 3. The molecule has 1 aliphatic rings. The van der Waals surface area contributed by atoms with Gasteiger partial charge >= 0.3 is 0 Å². The van der Waals surface area contributed by atoms with Gasteiger partial charge < -0.3 is 25.1 Å². The predicted octanol–water partition coefficient (Wildman–Crippen LogP) is 2.31. The number of benzene rings is 1. The molecule has 0 amide bonds. The Balaban J connectivity index is 1.68. The lowest BCUT2D eigenvalue weighted by Crippen LogP contribution is -2.20. The summed E-state index contributed by atoms with van der Waals surface area (Å²) in [4.78, 5) is 12.4. The molecule has 3 heterocycles. The van der Waals surface area contributed by atoms with E-state index in [0.29, 0.717) is 35.5 Å². The Labute approximate surface area is 162 Å². The molecule has 0 bridgehead atoms. The lowest BCUT2D eigenvalue weighted by molar-refractivity contribution is 0.195. The highest BCUT2D eigenvalue weighted by Crippen LogP contribution is 2.31. The van der Waals surface area contributed by atoms with E-state index < -0.39 is 9.84 Å². The molecule has 1 fully saturated rings. The van der Waals surface area contributed by atoms with Crippen LogP contribution >= 0.6 is 0 Å². The summed E-state index contributed by atoms with van der Waals surface area (Å²) in [5.74, 6) is 1.45. The molecule has 3 N–H and O–H groups in total. The third-order valence-corrected chi connectivity index (χ3v) is 5.64. The highest BCUT2D eigenvalue weighted by atomic mass is 32.2. The van der Waals surface area contributed by atoms with E-state index in [1.165, 1.54) is 19.2 Å². The molecule has 0 saturated carbocycles. The first kappa shape index (κ1) is 18.5. The fourth-order valence-electron chi connectivity index (χ4n) is 3.07. The van der Waals surface area contributed by atoms with E-state index in [-0.39, 0.29) is 10.9 Å². The molecule has 0 spiro atoms. The van der Waals surface area contributed by atoms with Gasteiger partial charge in [0.05, 0.1) is 35.7 Å². The van der Waals surface area contributed by atoms with E-state index in [4.69, 9.17) is 9.47 Å². The van der Waals surface area contributed by atoms with Gasteiger partial charge in [0.1, 0.15) is 17.2 Å². The second-order valence-corrected chi connectivity index (χ2v) is 8.62. The number of fused-ring (bicyclic) bond motifs is 1. The minimum Gasteiger partial charge on any atom is -0.495 e. The van der Waals surface area contributed by atoms with Crippen LogP contribution in [-0.2, 0) is 14.6 Å². The Morgan fingerprint density at radius 3 is 2.86 bits per heavy atom. The van der Waals surface area contributed by atoms with E-state index in [1.807, 2.05) is 6.07 Å². The topological polar surface area (TPSA) is 118 Å². The first-order valence-corrected chi connectivity index (χ1v) is 10.7. The van der Waals surface area contributed by atoms with Crippen molar-refractivity contribution in [1.29, 1.82) is 0 Å². The summed E-state index contributed by atoms with van der Waals surface area (Å²) in [6.07, 6.45) is 3.88. The van der Waals surface area contributed by atoms with Crippen molar-refractivity contribution in [3.8, 4) is 5.75 Å². The largest absolute Gasteiger partial charge is 0.495 e. The van der Waals surface area contributed by atoms with E-state index in [2.05, 4.69) is 25.6 Å². The molecule has 9 nitrogen and oxygen atoms in total. The molecule has 28 heavy (non-hydrogen) atoms. The highest BCUT2D eigenvalue weighted by Gasteiger charge is 2.19. The number of aromatic amines is 1. The van der Waals surface area contributed by atoms with Crippen LogP contribution in [0.25, 0.3) is 11.0 Å². The number of H-pyrrole nitrogens is 1. The van der Waals surface area contributed by atoms with Crippen LogP contribution in [0.5, 0.6) is 5.75 Å².